The zero-order valence-electron chi connectivity index (χ0n) is 11.6. The lowest BCUT2D eigenvalue weighted by Crippen LogP contribution is -2.39. The van der Waals surface area contributed by atoms with Gasteiger partial charge in [0.05, 0.1) is 12.8 Å². The molecule has 2 amide bonds. The van der Waals surface area contributed by atoms with Crippen molar-refractivity contribution in [3.63, 3.8) is 0 Å². The zero-order chi connectivity index (χ0) is 14.2. The summed E-state index contributed by atoms with van der Waals surface area (Å²) >= 11 is 0. The van der Waals surface area contributed by atoms with Crippen molar-refractivity contribution in [1.82, 2.24) is 15.2 Å². The maximum atomic E-state index is 12.2. The van der Waals surface area contributed by atoms with Crippen molar-refractivity contribution >= 4 is 6.03 Å². The lowest BCUT2D eigenvalue weighted by molar-refractivity contribution is 0.187. The highest BCUT2D eigenvalue weighted by Gasteiger charge is 2.15. The van der Waals surface area contributed by atoms with Crippen LogP contribution in [-0.4, -0.2) is 22.5 Å². The number of carbonyl (C=O) groups is 1. The van der Waals surface area contributed by atoms with Gasteiger partial charge in [0.25, 0.3) is 0 Å². The molecule has 1 N–H and O–H groups in total. The van der Waals surface area contributed by atoms with E-state index in [1.165, 1.54) is 0 Å². The molecule has 0 saturated carbocycles. The minimum atomic E-state index is -0.0833. The lowest BCUT2D eigenvalue weighted by Gasteiger charge is -2.22. The number of rotatable bonds is 6. The van der Waals surface area contributed by atoms with Crippen molar-refractivity contribution in [3.05, 3.63) is 54.2 Å². The van der Waals surface area contributed by atoms with Crippen molar-refractivity contribution in [1.29, 1.82) is 0 Å². The molecule has 0 aliphatic carbocycles. The minimum Gasteiger partial charge on any atom is -0.467 e. The molecule has 0 aliphatic rings. The fourth-order valence-corrected chi connectivity index (χ4v) is 1.84. The summed E-state index contributed by atoms with van der Waals surface area (Å²) in [7, 11) is 0. The van der Waals surface area contributed by atoms with E-state index in [0.717, 1.165) is 17.7 Å². The first kappa shape index (κ1) is 14.1. The Morgan fingerprint density at radius 2 is 2.10 bits per heavy atom. The molecule has 0 fully saturated rings. The van der Waals surface area contributed by atoms with Crippen LogP contribution in [0.1, 0.15) is 24.7 Å². The van der Waals surface area contributed by atoms with Gasteiger partial charge in [0.1, 0.15) is 5.76 Å². The Labute approximate surface area is 118 Å². The first-order valence-corrected chi connectivity index (χ1v) is 6.73. The van der Waals surface area contributed by atoms with Gasteiger partial charge in [-0.25, -0.2) is 4.79 Å². The van der Waals surface area contributed by atoms with Crippen LogP contribution in [0.3, 0.4) is 0 Å². The first-order chi connectivity index (χ1) is 9.79. The van der Waals surface area contributed by atoms with Gasteiger partial charge in [-0.15, -0.1) is 0 Å². The summed E-state index contributed by atoms with van der Waals surface area (Å²) in [5.74, 6) is 0.769. The quantitative estimate of drug-likeness (QED) is 0.880. The number of pyridine rings is 1. The molecule has 2 aromatic heterocycles. The fourth-order valence-electron chi connectivity index (χ4n) is 1.84. The van der Waals surface area contributed by atoms with Crippen LogP contribution in [0.25, 0.3) is 0 Å². The molecule has 0 radical (unpaired) electrons. The molecule has 0 bridgehead atoms. The Morgan fingerprint density at radius 3 is 2.75 bits per heavy atom. The third-order valence-electron chi connectivity index (χ3n) is 2.86. The van der Waals surface area contributed by atoms with Crippen LogP contribution in [0.2, 0.25) is 0 Å². The molecule has 20 heavy (non-hydrogen) atoms. The van der Waals surface area contributed by atoms with Crippen molar-refractivity contribution in [2.45, 2.75) is 26.4 Å². The van der Waals surface area contributed by atoms with Crippen molar-refractivity contribution < 1.29 is 9.21 Å². The van der Waals surface area contributed by atoms with Crippen LogP contribution in [0.15, 0.2) is 47.3 Å². The summed E-state index contributed by atoms with van der Waals surface area (Å²) < 4.78 is 5.32. The molecule has 0 aliphatic heterocycles. The van der Waals surface area contributed by atoms with Crippen LogP contribution in [-0.2, 0) is 13.1 Å². The zero-order valence-corrected chi connectivity index (χ0v) is 11.6. The van der Waals surface area contributed by atoms with Gasteiger partial charge in [-0.2, -0.15) is 0 Å². The van der Waals surface area contributed by atoms with E-state index in [1.807, 2.05) is 31.2 Å². The molecule has 0 spiro atoms. The predicted molar refractivity (Wildman–Crippen MR) is 75.9 cm³/mol. The van der Waals surface area contributed by atoms with Gasteiger partial charge in [0, 0.05) is 25.5 Å². The smallest absolute Gasteiger partial charge is 0.318 e. The monoisotopic (exact) mass is 273 g/mol. The van der Waals surface area contributed by atoms with Gasteiger partial charge >= 0.3 is 6.03 Å². The second kappa shape index (κ2) is 7.33. The van der Waals surface area contributed by atoms with Crippen LogP contribution in [0.4, 0.5) is 4.79 Å². The molecule has 5 heteroatoms. The standard InChI is InChI=1S/C15H19N3O2/c1-2-7-17-15(19)18(12-14-4-3-10-20-14)11-13-5-8-16-9-6-13/h3-6,8-10H,2,7,11-12H2,1H3,(H,17,19). The van der Waals surface area contributed by atoms with E-state index in [0.29, 0.717) is 19.6 Å². The van der Waals surface area contributed by atoms with Gasteiger partial charge in [0.2, 0.25) is 0 Å². The third kappa shape index (κ3) is 4.12. The van der Waals surface area contributed by atoms with E-state index in [-0.39, 0.29) is 6.03 Å². The summed E-state index contributed by atoms with van der Waals surface area (Å²) in [6, 6.07) is 7.42. The van der Waals surface area contributed by atoms with Gasteiger partial charge in [0.15, 0.2) is 0 Å². The topological polar surface area (TPSA) is 58.4 Å². The predicted octanol–water partition coefficient (Wildman–Crippen LogP) is 2.80. The number of hydrogen-bond acceptors (Lipinski definition) is 3. The average Bonchev–Trinajstić information content (AvgIpc) is 2.98. The van der Waals surface area contributed by atoms with E-state index in [4.69, 9.17) is 4.42 Å². The molecule has 0 saturated heterocycles. The Kier molecular flexibility index (Phi) is 5.17. The summed E-state index contributed by atoms with van der Waals surface area (Å²) in [4.78, 5) is 17.9. The van der Waals surface area contributed by atoms with Crippen molar-refractivity contribution in [2.24, 2.45) is 0 Å². The maximum Gasteiger partial charge on any atom is 0.318 e. The largest absolute Gasteiger partial charge is 0.467 e. The van der Waals surface area contributed by atoms with E-state index in [9.17, 15) is 4.79 Å². The number of carbonyl (C=O) groups excluding carboxylic acids is 1. The maximum absolute atomic E-state index is 12.2. The highest BCUT2D eigenvalue weighted by atomic mass is 16.3. The summed E-state index contributed by atoms with van der Waals surface area (Å²) in [6.45, 7) is 3.67. The number of nitrogens with one attached hydrogen (secondary N) is 1. The Balaban J connectivity index is 2.05. The summed E-state index contributed by atoms with van der Waals surface area (Å²) in [5, 5.41) is 2.89. The number of nitrogens with zero attached hydrogens (tertiary/aromatic N) is 2. The second-order valence-electron chi connectivity index (χ2n) is 4.52. The number of aromatic nitrogens is 1. The van der Waals surface area contributed by atoms with Crippen molar-refractivity contribution in [3.8, 4) is 0 Å². The second-order valence-corrected chi connectivity index (χ2v) is 4.52. The molecule has 2 heterocycles. The van der Waals surface area contributed by atoms with Gasteiger partial charge < -0.3 is 14.6 Å². The van der Waals surface area contributed by atoms with Gasteiger partial charge in [-0.1, -0.05) is 6.92 Å². The molecular formula is C15H19N3O2. The lowest BCUT2D eigenvalue weighted by atomic mass is 10.2. The summed E-state index contributed by atoms with van der Waals surface area (Å²) in [5.41, 5.74) is 1.04. The SMILES string of the molecule is CCCNC(=O)N(Cc1ccncc1)Cc1ccco1. The van der Waals surface area contributed by atoms with Crippen LogP contribution in [0.5, 0.6) is 0 Å². The first-order valence-electron chi connectivity index (χ1n) is 6.73. The van der Waals surface area contributed by atoms with E-state index >= 15 is 0 Å². The minimum absolute atomic E-state index is 0.0833. The van der Waals surface area contributed by atoms with Gasteiger partial charge in [-0.3, -0.25) is 4.98 Å². The summed E-state index contributed by atoms with van der Waals surface area (Å²) in [6.07, 6.45) is 5.98. The average molecular weight is 273 g/mol. The fraction of sp³-hybridized carbons (Fsp3) is 0.333. The molecule has 106 valence electrons. The molecule has 2 rings (SSSR count). The van der Waals surface area contributed by atoms with E-state index in [1.54, 1.807) is 23.6 Å². The highest BCUT2D eigenvalue weighted by molar-refractivity contribution is 5.74. The van der Waals surface area contributed by atoms with Crippen LogP contribution < -0.4 is 5.32 Å². The van der Waals surface area contributed by atoms with E-state index < -0.39 is 0 Å². The molecule has 0 atom stereocenters. The number of hydrogen-bond donors (Lipinski definition) is 1. The van der Waals surface area contributed by atoms with Crippen LogP contribution in [0, 0.1) is 0 Å². The molecule has 0 aromatic carbocycles. The van der Waals surface area contributed by atoms with Crippen LogP contribution >= 0.6 is 0 Å². The third-order valence-corrected chi connectivity index (χ3v) is 2.86. The Hall–Kier alpha value is -2.30. The highest BCUT2D eigenvalue weighted by Crippen LogP contribution is 2.10. The number of furan rings is 1. The van der Waals surface area contributed by atoms with Crippen molar-refractivity contribution in [2.75, 3.05) is 6.54 Å². The molecule has 0 unspecified atom stereocenters. The Bertz CT molecular complexity index is 511. The molecular weight excluding hydrogens is 254 g/mol. The number of amides is 2. The number of urea groups is 1. The normalized spacial score (nSPS) is 10.2. The Morgan fingerprint density at radius 1 is 1.30 bits per heavy atom. The molecule has 5 nitrogen and oxygen atoms in total. The molecule has 2 aromatic rings. The van der Waals surface area contributed by atoms with E-state index in [2.05, 4.69) is 10.3 Å². The van der Waals surface area contributed by atoms with Gasteiger partial charge in [-0.05, 0) is 36.2 Å².